The topological polar surface area (TPSA) is 35.5 Å². The quantitative estimate of drug-likeness (QED) is 0.783. The molecule has 3 nitrogen and oxygen atoms in total. The van der Waals surface area contributed by atoms with Crippen molar-refractivity contribution in [1.82, 2.24) is 0 Å². The van der Waals surface area contributed by atoms with Crippen LogP contribution in [0.2, 0.25) is 0 Å². The minimum Gasteiger partial charge on any atom is -0.467 e. The molecule has 0 radical (unpaired) electrons. The van der Waals surface area contributed by atoms with E-state index in [-0.39, 0.29) is 12.6 Å². The Morgan fingerprint density at radius 2 is 2.05 bits per heavy atom. The van der Waals surface area contributed by atoms with Crippen LogP contribution in [0, 0.1) is 12.8 Å². The van der Waals surface area contributed by atoms with Crippen LogP contribution in [0.4, 0.5) is 0 Å². The monoisotopic (exact) mass is 276 g/mol. The number of carbonyl (C=O) groups is 1. The molecular formula is C17H24O3. The lowest BCUT2D eigenvalue weighted by Gasteiger charge is -2.28. The second-order valence-electron chi connectivity index (χ2n) is 6.10. The zero-order valence-corrected chi connectivity index (χ0v) is 13.1. The van der Waals surface area contributed by atoms with Crippen LogP contribution in [0.3, 0.4) is 0 Å². The van der Waals surface area contributed by atoms with Gasteiger partial charge in [-0.2, -0.15) is 0 Å². The van der Waals surface area contributed by atoms with Gasteiger partial charge in [0, 0.05) is 24.7 Å². The van der Waals surface area contributed by atoms with Gasteiger partial charge in [0.15, 0.2) is 12.6 Å². The van der Waals surface area contributed by atoms with Crippen LogP contribution in [0.5, 0.6) is 5.75 Å². The van der Waals surface area contributed by atoms with Crippen LogP contribution in [-0.2, 0) is 11.2 Å². The van der Waals surface area contributed by atoms with E-state index in [1.165, 1.54) is 11.1 Å². The van der Waals surface area contributed by atoms with E-state index in [0.29, 0.717) is 18.3 Å². The summed E-state index contributed by atoms with van der Waals surface area (Å²) in [5, 5.41) is 0. The van der Waals surface area contributed by atoms with Gasteiger partial charge in [0.2, 0.25) is 0 Å². The number of ether oxygens (including phenoxy) is 2. The molecule has 0 spiro atoms. The van der Waals surface area contributed by atoms with E-state index in [4.69, 9.17) is 9.47 Å². The second kappa shape index (κ2) is 5.96. The number of rotatable bonds is 4. The highest BCUT2D eigenvalue weighted by Crippen LogP contribution is 2.39. The molecule has 0 N–H and O–H groups in total. The number of ketones is 1. The Bertz CT molecular complexity index is 517. The van der Waals surface area contributed by atoms with Crippen molar-refractivity contribution in [3.8, 4) is 5.75 Å². The summed E-state index contributed by atoms with van der Waals surface area (Å²) in [7, 11) is 1.62. The summed E-state index contributed by atoms with van der Waals surface area (Å²) < 4.78 is 10.7. The maximum atomic E-state index is 12.4. The molecule has 0 aromatic heterocycles. The van der Waals surface area contributed by atoms with E-state index < -0.39 is 0 Å². The number of hydrogen-bond acceptors (Lipinski definition) is 3. The third-order valence-electron chi connectivity index (χ3n) is 3.91. The molecule has 0 heterocycles. The molecule has 0 bridgehead atoms. The van der Waals surface area contributed by atoms with Gasteiger partial charge < -0.3 is 9.47 Å². The Morgan fingerprint density at radius 3 is 2.65 bits per heavy atom. The fourth-order valence-electron chi connectivity index (χ4n) is 3.18. The number of benzene rings is 1. The highest BCUT2D eigenvalue weighted by atomic mass is 16.7. The molecule has 3 heteroatoms. The van der Waals surface area contributed by atoms with Crippen LogP contribution in [0.1, 0.15) is 60.2 Å². The number of carbonyl (C=O) groups excluding carboxylic acids is 1. The molecule has 1 aliphatic carbocycles. The fraction of sp³-hybridized carbons (Fsp3) is 0.588. The summed E-state index contributed by atoms with van der Waals surface area (Å²) in [6.45, 7) is 8.67. The number of fused-ring (bicyclic) bond motifs is 1. The standard InChI is InChI=1S/C17H24O3/c1-10(2)16-13-6-11(3)7-14(18)17(13)12(4)8-15(16)20-9-19-5/h8,10-11H,6-7,9H2,1-5H3. The number of hydrogen-bond donors (Lipinski definition) is 0. The molecule has 1 atom stereocenters. The van der Waals surface area contributed by atoms with Gasteiger partial charge in [0.05, 0.1) is 0 Å². The first-order valence-corrected chi connectivity index (χ1v) is 7.27. The average Bonchev–Trinajstić information content (AvgIpc) is 2.34. The Morgan fingerprint density at radius 1 is 1.35 bits per heavy atom. The van der Waals surface area contributed by atoms with Gasteiger partial charge in [0.1, 0.15) is 5.75 Å². The molecule has 1 unspecified atom stereocenters. The van der Waals surface area contributed by atoms with E-state index in [9.17, 15) is 4.79 Å². The van der Waals surface area contributed by atoms with Crippen molar-refractivity contribution in [3.63, 3.8) is 0 Å². The molecule has 1 aromatic rings. The molecule has 1 aromatic carbocycles. The highest BCUT2D eigenvalue weighted by Gasteiger charge is 2.29. The van der Waals surface area contributed by atoms with E-state index in [2.05, 4.69) is 20.8 Å². The zero-order valence-electron chi connectivity index (χ0n) is 13.1. The summed E-state index contributed by atoms with van der Waals surface area (Å²) in [5.41, 5.74) is 4.31. The van der Waals surface area contributed by atoms with Crippen molar-refractivity contribution in [2.24, 2.45) is 5.92 Å². The van der Waals surface area contributed by atoms with Crippen molar-refractivity contribution < 1.29 is 14.3 Å². The van der Waals surface area contributed by atoms with Gasteiger partial charge >= 0.3 is 0 Å². The third-order valence-corrected chi connectivity index (χ3v) is 3.91. The van der Waals surface area contributed by atoms with Gasteiger partial charge in [-0.1, -0.05) is 20.8 Å². The van der Waals surface area contributed by atoms with Gasteiger partial charge in [0.25, 0.3) is 0 Å². The maximum absolute atomic E-state index is 12.4. The Balaban J connectivity index is 2.60. The van der Waals surface area contributed by atoms with Crippen LogP contribution in [0.25, 0.3) is 0 Å². The first kappa shape index (κ1) is 15.0. The van der Waals surface area contributed by atoms with Crippen LogP contribution < -0.4 is 4.74 Å². The first-order valence-electron chi connectivity index (χ1n) is 7.27. The second-order valence-corrected chi connectivity index (χ2v) is 6.10. The van der Waals surface area contributed by atoms with Crippen LogP contribution in [0.15, 0.2) is 6.07 Å². The Hall–Kier alpha value is -1.35. The molecule has 0 fully saturated rings. The molecule has 0 amide bonds. The number of aryl methyl sites for hydroxylation is 1. The van der Waals surface area contributed by atoms with E-state index in [1.54, 1.807) is 7.11 Å². The highest BCUT2D eigenvalue weighted by molar-refractivity contribution is 6.00. The average molecular weight is 276 g/mol. The lowest BCUT2D eigenvalue weighted by atomic mass is 9.77. The first-order chi connectivity index (χ1) is 9.45. The predicted molar refractivity (Wildman–Crippen MR) is 79.6 cm³/mol. The Labute approximate surface area is 121 Å². The SMILES string of the molecule is COCOc1cc(C)c2c(c1C(C)C)CC(C)CC2=O. The van der Waals surface area contributed by atoms with Crippen LogP contribution in [-0.4, -0.2) is 19.7 Å². The largest absolute Gasteiger partial charge is 0.467 e. The summed E-state index contributed by atoms with van der Waals surface area (Å²) in [5.74, 6) is 1.87. The van der Waals surface area contributed by atoms with Crippen molar-refractivity contribution >= 4 is 5.78 Å². The van der Waals surface area contributed by atoms with Crippen molar-refractivity contribution in [1.29, 1.82) is 0 Å². The minimum absolute atomic E-state index is 0.238. The van der Waals surface area contributed by atoms with E-state index in [0.717, 1.165) is 23.3 Å². The van der Waals surface area contributed by atoms with Gasteiger partial charge in [-0.3, -0.25) is 4.79 Å². The van der Waals surface area contributed by atoms with Gasteiger partial charge in [-0.05, 0) is 42.4 Å². The smallest absolute Gasteiger partial charge is 0.188 e. The molecule has 110 valence electrons. The van der Waals surface area contributed by atoms with Crippen molar-refractivity contribution in [2.45, 2.75) is 46.5 Å². The molecule has 2 rings (SSSR count). The normalized spacial score (nSPS) is 18.3. The van der Waals surface area contributed by atoms with Crippen molar-refractivity contribution in [3.05, 3.63) is 28.3 Å². The van der Waals surface area contributed by atoms with E-state index in [1.807, 2.05) is 13.0 Å². The van der Waals surface area contributed by atoms with Crippen LogP contribution >= 0.6 is 0 Å². The fourth-order valence-corrected chi connectivity index (χ4v) is 3.18. The van der Waals surface area contributed by atoms with Gasteiger partial charge in [-0.25, -0.2) is 0 Å². The summed E-state index contributed by atoms with van der Waals surface area (Å²) in [4.78, 5) is 12.4. The van der Waals surface area contributed by atoms with Gasteiger partial charge in [-0.15, -0.1) is 0 Å². The summed E-state index contributed by atoms with van der Waals surface area (Å²) >= 11 is 0. The zero-order chi connectivity index (χ0) is 14.9. The lowest BCUT2D eigenvalue weighted by molar-refractivity contribution is 0.0501. The molecular weight excluding hydrogens is 252 g/mol. The molecule has 0 saturated heterocycles. The molecule has 1 aliphatic rings. The lowest BCUT2D eigenvalue weighted by Crippen LogP contribution is -2.22. The number of Topliss-reactive ketones (excluding diaryl/α,β-unsaturated/α-hetero) is 1. The summed E-state index contributed by atoms with van der Waals surface area (Å²) in [6, 6.07) is 1.99. The Kier molecular flexibility index (Phi) is 4.48. The van der Waals surface area contributed by atoms with Crippen molar-refractivity contribution in [2.75, 3.05) is 13.9 Å². The predicted octanol–water partition coefficient (Wildman–Crippen LogP) is 3.87. The molecule has 0 saturated carbocycles. The van der Waals surface area contributed by atoms with E-state index >= 15 is 0 Å². The minimum atomic E-state index is 0.238. The molecule has 20 heavy (non-hydrogen) atoms. The number of methoxy groups -OCH3 is 1. The third kappa shape index (κ3) is 2.73. The molecule has 0 aliphatic heterocycles. The maximum Gasteiger partial charge on any atom is 0.188 e. The summed E-state index contributed by atoms with van der Waals surface area (Å²) in [6.07, 6.45) is 1.61.